The summed E-state index contributed by atoms with van der Waals surface area (Å²) in [5.74, 6) is 0.817. The molecule has 9 heteroatoms. The molecule has 0 spiro atoms. The number of thiophene rings is 1. The van der Waals surface area contributed by atoms with E-state index in [-0.39, 0.29) is 28.7 Å². The third-order valence-corrected chi connectivity index (χ3v) is 8.92. The van der Waals surface area contributed by atoms with E-state index < -0.39 is 9.84 Å². The SMILES string of the molecule is CCN(C(=O)C(C)Sc1nc(-c2cccs2)nc2ccccc12)C1CCS(=O)(=O)C1. The first-order valence-electron chi connectivity index (χ1n) is 9.86. The topological polar surface area (TPSA) is 80.2 Å². The Balaban J connectivity index is 1.62. The van der Waals surface area contributed by atoms with E-state index in [1.165, 1.54) is 11.8 Å². The lowest BCUT2D eigenvalue weighted by Gasteiger charge is -2.29. The molecule has 158 valence electrons. The van der Waals surface area contributed by atoms with Gasteiger partial charge in [0.05, 0.1) is 27.1 Å². The normalized spacial score (nSPS) is 19.1. The minimum atomic E-state index is -3.05. The smallest absolute Gasteiger partial charge is 0.236 e. The molecule has 6 nitrogen and oxygen atoms in total. The van der Waals surface area contributed by atoms with Crippen LogP contribution in [-0.4, -0.2) is 58.5 Å². The van der Waals surface area contributed by atoms with Gasteiger partial charge in [-0.2, -0.15) is 0 Å². The van der Waals surface area contributed by atoms with Crippen molar-refractivity contribution in [3.05, 3.63) is 41.8 Å². The third kappa shape index (κ3) is 4.38. The van der Waals surface area contributed by atoms with Gasteiger partial charge < -0.3 is 4.90 Å². The molecule has 3 heterocycles. The number of benzene rings is 1. The van der Waals surface area contributed by atoms with E-state index in [0.29, 0.717) is 18.8 Å². The molecule has 2 atom stereocenters. The van der Waals surface area contributed by atoms with Crippen LogP contribution in [0.25, 0.3) is 21.6 Å². The summed E-state index contributed by atoms with van der Waals surface area (Å²) in [5, 5.41) is 3.28. The molecule has 0 bridgehead atoms. The average Bonchev–Trinajstić information content (AvgIpc) is 3.38. The van der Waals surface area contributed by atoms with Gasteiger partial charge in [-0.25, -0.2) is 18.4 Å². The minimum Gasteiger partial charge on any atom is -0.338 e. The molecule has 4 rings (SSSR count). The predicted octanol–water partition coefficient (Wildman–Crippen LogP) is 3.87. The van der Waals surface area contributed by atoms with E-state index in [1.807, 2.05) is 55.6 Å². The van der Waals surface area contributed by atoms with E-state index in [2.05, 4.69) is 4.98 Å². The van der Waals surface area contributed by atoms with Crippen molar-refractivity contribution in [1.29, 1.82) is 0 Å². The number of hydrogen-bond donors (Lipinski definition) is 0. The number of aromatic nitrogens is 2. The van der Waals surface area contributed by atoms with Gasteiger partial charge in [0.15, 0.2) is 15.7 Å². The first-order valence-corrected chi connectivity index (χ1v) is 13.4. The van der Waals surface area contributed by atoms with Gasteiger partial charge in [0.1, 0.15) is 5.03 Å². The van der Waals surface area contributed by atoms with E-state index in [9.17, 15) is 13.2 Å². The van der Waals surface area contributed by atoms with E-state index in [1.54, 1.807) is 16.2 Å². The molecule has 0 N–H and O–H groups in total. The molecular weight excluding hydrogens is 438 g/mol. The summed E-state index contributed by atoms with van der Waals surface area (Å²) < 4.78 is 23.8. The van der Waals surface area contributed by atoms with Crippen LogP contribution >= 0.6 is 23.1 Å². The van der Waals surface area contributed by atoms with Crippen molar-refractivity contribution in [3.63, 3.8) is 0 Å². The molecule has 0 radical (unpaired) electrons. The Labute approximate surface area is 184 Å². The number of fused-ring (bicyclic) bond motifs is 1. The maximum absolute atomic E-state index is 13.2. The van der Waals surface area contributed by atoms with E-state index >= 15 is 0 Å². The fraction of sp³-hybridized carbons (Fsp3) is 0.381. The Hall–Kier alpha value is -1.97. The number of rotatable bonds is 6. The number of sulfone groups is 1. The van der Waals surface area contributed by atoms with Crippen LogP contribution in [0.5, 0.6) is 0 Å². The number of thioether (sulfide) groups is 1. The van der Waals surface area contributed by atoms with E-state index in [4.69, 9.17) is 4.98 Å². The highest BCUT2D eigenvalue weighted by atomic mass is 32.2. The molecular formula is C21H23N3O3S3. The summed E-state index contributed by atoms with van der Waals surface area (Å²) in [6.07, 6.45) is 0.512. The largest absolute Gasteiger partial charge is 0.338 e. The summed E-state index contributed by atoms with van der Waals surface area (Å²) >= 11 is 2.99. The molecule has 2 aromatic heterocycles. The Bertz CT molecular complexity index is 1160. The summed E-state index contributed by atoms with van der Waals surface area (Å²) in [6.45, 7) is 4.25. The van der Waals surface area contributed by atoms with Crippen LogP contribution in [0.1, 0.15) is 20.3 Å². The zero-order valence-electron chi connectivity index (χ0n) is 16.8. The van der Waals surface area contributed by atoms with Gasteiger partial charge in [0.25, 0.3) is 0 Å². The van der Waals surface area contributed by atoms with Crippen LogP contribution in [0.4, 0.5) is 0 Å². The highest BCUT2D eigenvalue weighted by molar-refractivity contribution is 8.00. The quantitative estimate of drug-likeness (QED) is 0.409. The van der Waals surface area contributed by atoms with Crippen molar-refractivity contribution in [2.24, 2.45) is 0 Å². The number of nitrogens with zero attached hydrogens (tertiary/aromatic N) is 3. The molecule has 1 aromatic carbocycles. The highest BCUT2D eigenvalue weighted by Crippen LogP contribution is 2.33. The second kappa shape index (κ2) is 8.64. The molecule has 30 heavy (non-hydrogen) atoms. The third-order valence-electron chi connectivity index (χ3n) is 5.22. The Morgan fingerprint density at radius 1 is 1.27 bits per heavy atom. The molecule has 0 aliphatic carbocycles. The maximum Gasteiger partial charge on any atom is 0.236 e. The molecule has 1 saturated heterocycles. The predicted molar refractivity (Wildman–Crippen MR) is 123 cm³/mol. The van der Waals surface area contributed by atoms with Crippen LogP contribution in [0.2, 0.25) is 0 Å². The van der Waals surface area contributed by atoms with Gasteiger partial charge in [-0.3, -0.25) is 4.79 Å². The molecule has 1 aliphatic rings. The summed E-state index contributed by atoms with van der Waals surface area (Å²) in [4.78, 5) is 25.3. The second-order valence-electron chi connectivity index (χ2n) is 7.29. The van der Waals surface area contributed by atoms with E-state index in [0.717, 1.165) is 20.8 Å². The van der Waals surface area contributed by atoms with Crippen molar-refractivity contribution in [2.75, 3.05) is 18.1 Å². The molecule has 3 aromatic rings. The highest BCUT2D eigenvalue weighted by Gasteiger charge is 2.35. The first-order chi connectivity index (χ1) is 14.4. The minimum absolute atomic E-state index is 0.0510. The Kier molecular flexibility index (Phi) is 6.13. The Morgan fingerprint density at radius 2 is 2.07 bits per heavy atom. The van der Waals surface area contributed by atoms with Gasteiger partial charge in [0, 0.05) is 18.0 Å². The van der Waals surface area contributed by atoms with Crippen molar-refractivity contribution in [2.45, 2.75) is 36.6 Å². The zero-order chi connectivity index (χ0) is 21.3. The monoisotopic (exact) mass is 461 g/mol. The fourth-order valence-electron chi connectivity index (χ4n) is 3.72. The lowest BCUT2D eigenvalue weighted by Crippen LogP contribution is -2.44. The molecule has 2 unspecified atom stereocenters. The summed E-state index contributed by atoms with van der Waals surface area (Å²) in [5.41, 5.74) is 0.840. The number of para-hydroxylation sites is 1. The number of hydrogen-bond acceptors (Lipinski definition) is 7. The average molecular weight is 462 g/mol. The van der Waals surface area contributed by atoms with Crippen LogP contribution in [-0.2, 0) is 14.6 Å². The second-order valence-corrected chi connectivity index (χ2v) is 11.8. The van der Waals surface area contributed by atoms with Gasteiger partial charge in [-0.15, -0.1) is 11.3 Å². The maximum atomic E-state index is 13.2. The Morgan fingerprint density at radius 3 is 2.73 bits per heavy atom. The number of carbonyl (C=O) groups is 1. The zero-order valence-corrected chi connectivity index (χ0v) is 19.3. The molecule has 1 aliphatic heterocycles. The van der Waals surface area contributed by atoms with Gasteiger partial charge in [-0.05, 0) is 37.8 Å². The van der Waals surface area contributed by atoms with Crippen molar-refractivity contribution < 1.29 is 13.2 Å². The number of carbonyl (C=O) groups excluding carboxylic acids is 1. The summed E-state index contributed by atoms with van der Waals surface area (Å²) in [7, 11) is -3.05. The molecule has 0 saturated carbocycles. The molecule has 1 amide bonds. The van der Waals surface area contributed by atoms with Crippen molar-refractivity contribution >= 4 is 49.7 Å². The van der Waals surface area contributed by atoms with Crippen molar-refractivity contribution in [3.8, 4) is 10.7 Å². The van der Waals surface area contributed by atoms with Crippen LogP contribution in [0, 0.1) is 0 Å². The molecule has 1 fully saturated rings. The first kappa shape index (κ1) is 21.3. The summed E-state index contributed by atoms with van der Waals surface area (Å²) in [6, 6.07) is 11.5. The van der Waals surface area contributed by atoms with Gasteiger partial charge in [0.2, 0.25) is 5.91 Å². The number of amides is 1. The van der Waals surface area contributed by atoms with Gasteiger partial charge in [-0.1, -0.05) is 36.0 Å². The lowest BCUT2D eigenvalue weighted by molar-refractivity contribution is -0.131. The van der Waals surface area contributed by atoms with Crippen LogP contribution in [0.15, 0.2) is 46.8 Å². The van der Waals surface area contributed by atoms with Crippen molar-refractivity contribution in [1.82, 2.24) is 14.9 Å². The lowest BCUT2D eigenvalue weighted by atomic mass is 10.2. The van der Waals surface area contributed by atoms with Gasteiger partial charge >= 0.3 is 0 Å². The standard InChI is InChI=1S/C21H23N3O3S3/c1-3-24(15-10-12-30(26,27)13-15)21(25)14(2)29-20-16-7-4-5-8-17(16)22-19(23-20)18-9-6-11-28-18/h4-9,11,14-15H,3,10,12-13H2,1-2H3. The van der Waals surface area contributed by atoms with Crippen LogP contribution in [0.3, 0.4) is 0 Å². The van der Waals surface area contributed by atoms with Crippen LogP contribution < -0.4 is 0 Å². The fourth-order valence-corrected chi connectivity index (χ4v) is 7.12.